The Hall–Kier alpha value is -2.90. The van der Waals surface area contributed by atoms with Gasteiger partial charge in [-0.15, -0.1) is 0 Å². The second-order valence-electron chi connectivity index (χ2n) is 8.76. The predicted molar refractivity (Wildman–Crippen MR) is 149 cm³/mol. The first kappa shape index (κ1) is 32.6. The van der Waals surface area contributed by atoms with Crippen molar-refractivity contribution >= 4 is 11.8 Å². The van der Waals surface area contributed by atoms with Gasteiger partial charge in [0.15, 0.2) is 0 Å². The number of hydrogen-bond acceptors (Lipinski definition) is 10. The number of carbonyl (C=O) groups is 2. The number of benzene rings is 2. The molecule has 3 rings (SSSR count). The van der Waals surface area contributed by atoms with Crippen LogP contribution in [0.3, 0.4) is 0 Å². The third kappa shape index (κ3) is 13.1. The number of imide groups is 1. The summed E-state index contributed by atoms with van der Waals surface area (Å²) in [7, 11) is 0. The zero-order chi connectivity index (χ0) is 28.8. The van der Waals surface area contributed by atoms with Crippen LogP contribution in [0.1, 0.15) is 20.7 Å². The maximum absolute atomic E-state index is 12.3. The van der Waals surface area contributed by atoms with E-state index in [0.29, 0.717) is 104 Å². The molecule has 0 aliphatic carbocycles. The van der Waals surface area contributed by atoms with E-state index >= 15 is 0 Å². The Morgan fingerprint density at radius 2 is 0.756 bits per heavy atom. The standard InChI is InChI=1S/C30H41NO10/c32-29-27-8-4-5-9-28(27)30(33)31(29)10-11-34-12-13-35-14-15-36-16-17-37-18-19-38-20-21-39-22-23-40-24-25-41-26-6-2-1-3-7-26/h1-9H,10-25H2. The molecule has 41 heavy (non-hydrogen) atoms. The lowest BCUT2D eigenvalue weighted by Crippen LogP contribution is -2.33. The Labute approximate surface area is 241 Å². The van der Waals surface area contributed by atoms with Crippen molar-refractivity contribution in [1.82, 2.24) is 4.90 Å². The number of rotatable bonds is 25. The maximum Gasteiger partial charge on any atom is 0.261 e. The van der Waals surface area contributed by atoms with Crippen molar-refractivity contribution in [2.24, 2.45) is 0 Å². The van der Waals surface area contributed by atoms with Crippen molar-refractivity contribution in [2.75, 3.05) is 106 Å². The first-order valence-electron chi connectivity index (χ1n) is 13.9. The first-order valence-corrected chi connectivity index (χ1v) is 13.9. The second-order valence-corrected chi connectivity index (χ2v) is 8.76. The number of nitrogens with zero attached hydrogens (tertiary/aromatic N) is 1. The van der Waals surface area contributed by atoms with Gasteiger partial charge >= 0.3 is 0 Å². The van der Waals surface area contributed by atoms with Gasteiger partial charge < -0.3 is 37.9 Å². The zero-order valence-corrected chi connectivity index (χ0v) is 23.5. The van der Waals surface area contributed by atoms with Crippen molar-refractivity contribution in [3.63, 3.8) is 0 Å². The molecule has 0 saturated carbocycles. The van der Waals surface area contributed by atoms with Crippen LogP contribution in [0, 0.1) is 0 Å². The highest BCUT2D eigenvalue weighted by atomic mass is 16.6. The third-order valence-corrected chi connectivity index (χ3v) is 5.81. The summed E-state index contributed by atoms with van der Waals surface area (Å²) in [5.41, 5.74) is 0.890. The normalized spacial score (nSPS) is 12.7. The molecule has 0 spiro atoms. The zero-order valence-electron chi connectivity index (χ0n) is 23.5. The van der Waals surface area contributed by atoms with Crippen LogP contribution in [0.15, 0.2) is 54.6 Å². The van der Waals surface area contributed by atoms with Gasteiger partial charge in [-0.25, -0.2) is 0 Å². The van der Waals surface area contributed by atoms with E-state index in [1.165, 1.54) is 4.90 Å². The summed E-state index contributed by atoms with van der Waals surface area (Å²) in [6.45, 7) is 7.14. The number of ether oxygens (including phenoxy) is 8. The first-order chi connectivity index (χ1) is 20.3. The monoisotopic (exact) mass is 575 g/mol. The summed E-state index contributed by atoms with van der Waals surface area (Å²) in [5.74, 6) is 0.288. The molecule has 11 nitrogen and oxygen atoms in total. The maximum atomic E-state index is 12.3. The Morgan fingerprint density at radius 1 is 0.415 bits per heavy atom. The Kier molecular flexibility index (Phi) is 16.6. The van der Waals surface area contributed by atoms with Crippen LogP contribution in [0.25, 0.3) is 0 Å². The number of para-hydroxylation sites is 1. The highest BCUT2D eigenvalue weighted by molar-refractivity contribution is 6.21. The van der Waals surface area contributed by atoms with Gasteiger partial charge in [0.05, 0.1) is 110 Å². The molecule has 2 aromatic carbocycles. The average molecular weight is 576 g/mol. The molecule has 11 heteroatoms. The lowest BCUT2D eigenvalue weighted by atomic mass is 10.1. The molecule has 2 amide bonds. The summed E-state index contributed by atoms with van der Waals surface area (Å²) in [5, 5.41) is 0. The van der Waals surface area contributed by atoms with E-state index in [4.69, 9.17) is 37.9 Å². The summed E-state index contributed by atoms with van der Waals surface area (Å²) < 4.78 is 43.8. The average Bonchev–Trinajstić information content (AvgIpc) is 3.24. The number of carbonyl (C=O) groups excluding carboxylic acids is 2. The van der Waals surface area contributed by atoms with Crippen LogP contribution >= 0.6 is 0 Å². The van der Waals surface area contributed by atoms with Gasteiger partial charge in [0.2, 0.25) is 0 Å². The summed E-state index contributed by atoms with van der Waals surface area (Å²) >= 11 is 0. The molecule has 0 unspecified atom stereocenters. The summed E-state index contributed by atoms with van der Waals surface area (Å²) in [6, 6.07) is 16.5. The largest absolute Gasteiger partial charge is 0.491 e. The molecule has 0 saturated heterocycles. The topological polar surface area (TPSA) is 111 Å². The molecule has 2 aromatic rings. The Bertz CT molecular complexity index is 955. The molecule has 1 heterocycles. The molecule has 0 fully saturated rings. The van der Waals surface area contributed by atoms with Crippen LogP contribution < -0.4 is 4.74 Å². The van der Waals surface area contributed by atoms with Crippen LogP contribution in [-0.4, -0.2) is 122 Å². The predicted octanol–water partition coefficient (Wildman–Crippen LogP) is 2.48. The van der Waals surface area contributed by atoms with Crippen LogP contribution in [0.5, 0.6) is 5.75 Å². The minimum Gasteiger partial charge on any atom is -0.491 e. The molecule has 0 radical (unpaired) electrons. The molecule has 1 aliphatic rings. The van der Waals surface area contributed by atoms with Crippen molar-refractivity contribution < 1.29 is 47.5 Å². The molecule has 0 aromatic heterocycles. The lowest BCUT2D eigenvalue weighted by Gasteiger charge is -2.13. The fourth-order valence-electron chi connectivity index (χ4n) is 3.75. The van der Waals surface area contributed by atoms with Gasteiger partial charge in [0.25, 0.3) is 11.8 Å². The van der Waals surface area contributed by atoms with Crippen LogP contribution in [0.2, 0.25) is 0 Å². The third-order valence-electron chi connectivity index (χ3n) is 5.81. The fraction of sp³-hybridized carbons (Fsp3) is 0.533. The van der Waals surface area contributed by atoms with E-state index in [1.807, 2.05) is 30.3 Å². The minimum atomic E-state index is -0.274. The van der Waals surface area contributed by atoms with Crippen molar-refractivity contribution in [3.8, 4) is 5.75 Å². The smallest absolute Gasteiger partial charge is 0.261 e. The Balaban J connectivity index is 0.973. The van der Waals surface area contributed by atoms with Gasteiger partial charge in [-0.1, -0.05) is 30.3 Å². The highest BCUT2D eigenvalue weighted by Gasteiger charge is 2.34. The van der Waals surface area contributed by atoms with E-state index < -0.39 is 0 Å². The lowest BCUT2D eigenvalue weighted by molar-refractivity contribution is -0.0214. The highest BCUT2D eigenvalue weighted by Crippen LogP contribution is 2.21. The van der Waals surface area contributed by atoms with E-state index in [1.54, 1.807) is 24.3 Å². The number of fused-ring (bicyclic) bond motifs is 1. The van der Waals surface area contributed by atoms with E-state index in [-0.39, 0.29) is 25.0 Å². The molecule has 1 aliphatic heterocycles. The number of amides is 2. The second kappa shape index (κ2) is 20.9. The van der Waals surface area contributed by atoms with Gasteiger partial charge in [0.1, 0.15) is 12.4 Å². The van der Waals surface area contributed by atoms with Crippen LogP contribution in [-0.2, 0) is 33.2 Å². The molecular formula is C30H41NO10. The van der Waals surface area contributed by atoms with Gasteiger partial charge in [-0.05, 0) is 24.3 Å². The van der Waals surface area contributed by atoms with Gasteiger partial charge in [-0.3, -0.25) is 14.5 Å². The van der Waals surface area contributed by atoms with Crippen molar-refractivity contribution in [2.45, 2.75) is 0 Å². The molecule has 0 bridgehead atoms. The van der Waals surface area contributed by atoms with E-state index in [2.05, 4.69) is 0 Å². The summed E-state index contributed by atoms with van der Waals surface area (Å²) in [6.07, 6.45) is 0. The molecular weight excluding hydrogens is 534 g/mol. The molecule has 0 atom stereocenters. The van der Waals surface area contributed by atoms with Crippen LogP contribution in [0.4, 0.5) is 0 Å². The summed E-state index contributed by atoms with van der Waals surface area (Å²) in [4.78, 5) is 25.8. The molecule has 0 N–H and O–H groups in total. The quantitative estimate of drug-likeness (QED) is 0.129. The van der Waals surface area contributed by atoms with Gasteiger partial charge in [0, 0.05) is 0 Å². The van der Waals surface area contributed by atoms with Gasteiger partial charge in [-0.2, -0.15) is 0 Å². The number of hydrogen-bond donors (Lipinski definition) is 0. The Morgan fingerprint density at radius 3 is 1.17 bits per heavy atom. The molecule has 226 valence electrons. The van der Waals surface area contributed by atoms with E-state index in [9.17, 15) is 9.59 Å². The van der Waals surface area contributed by atoms with Crippen molar-refractivity contribution in [3.05, 3.63) is 65.7 Å². The fourth-order valence-corrected chi connectivity index (χ4v) is 3.75. The minimum absolute atomic E-state index is 0.219. The van der Waals surface area contributed by atoms with Crippen molar-refractivity contribution in [1.29, 1.82) is 0 Å². The SMILES string of the molecule is O=C1c2ccccc2C(=O)N1CCOCCOCCOCCOCCOCCOCCOCCOc1ccccc1. The van der Waals surface area contributed by atoms with E-state index in [0.717, 1.165) is 5.75 Å².